The van der Waals surface area contributed by atoms with Gasteiger partial charge in [-0.1, -0.05) is 31.0 Å². The second kappa shape index (κ2) is 5.16. The third-order valence-electron chi connectivity index (χ3n) is 4.17. The van der Waals surface area contributed by atoms with Crippen LogP contribution < -0.4 is 4.57 Å². The van der Waals surface area contributed by atoms with E-state index in [1.165, 1.54) is 29.7 Å². The summed E-state index contributed by atoms with van der Waals surface area (Å²) < 4.78 is 10.8. The van der Waals surface area contributed by atoms with Crippen molar-refractivity contribution >= 4 is 0 Å². The quantitative estimate of drug-likeness (QED) is 0.708. The monoisotopic (exact) mass is 253 g/mol. The number of rotatable bonds is 2. The summed E-state index contributed by atoms with van der Waals surface area (Å²) in [6, 6.07) is 12.8. The molecule has 1 aliphatic rings. The van der Waals surface area contributed by atoms with Gasteiger partial charge < -0.3 is 0 Å². The molecule has 1 aliphatic carbocycles. The van der Waals surface area contributed by atoms with Gasteiger partial charge in [0.15, 0.2) is 6.20 Å². The predicted octanol–water partition coefficient (Wildman–Crippen LogP) is 4.14. The van der Waals surface area contributed by atoms with Gasteiger partial charge in [-0.3, -0.25) is 0 Å². The van der Waals surface area contributed by atoms with Gasteiger partial charge in [-0.2, -0.15) is 0 Å². The van der Waals surface area contributed by atoms with Crippen LogP contribution in [0.1, 0.15) is 44.1 Å². The van der Waals surface area contributed by atoms with Crippen LogP contribution in [0.4, 0.5) is 0 Å². The first-order chi connectivity index (χ1) is 9.60. The topological polar surface area (TPSA) is 3.88 Å². The molecule has 1 aromatic carbocycles. The number of nitrogens with zero attached hydrogens (tertiary/aromatic N) is 1. The molecule has 1 aromatic heterocycles. The van der Waals surface area contributed by atoms with Gasteiger partial charge in [0.25, 0.3) is 0 Å². The summed E-state index contributed by atoms with van der Waals surface area (Å²) >= 11 is 0. The van der Waals surface area contributed by atoms with Crippen LogP contribution in [0, 0.1) is 6.92 Å². The van der Waals surface area contributed by atoms with Gasteiger partial charge in [-0.25, -0.2) is 4.57 Å². The Morgan fingerprint density at radius 2 is 1.84 bits per heavy atom. The molecule has 19 heavy (non-hydrogen) atoms. The summed E-state index contributed by atoms with van der Waals surface area (Å²) in [7, 11) is 2.09. The molecule has 1 fully saturated rings. The van der Waals surface area contributed by atoms with Crippen molar-refractivity contribution in [3.8, 4) is 11.3 Å². The third kappa shape index (κ3) is 2.42. The Kier molecular flexibility index (Phi) is 3.05. The summed E-state index contributed by atoms with van der Waals surface area (Å²) in [5.74, 6) is -0.359. The molecule has 2 aromatic rings. The summed E-state index contributed by atoms with van der Waals surface area (Å²) in [6.45, 7) is 2.15. The third-order valence-corrected chi connectivity index (χ3v) is 4.17. The van der Waals surface area contributed by atoms with E-state index in [0.29, 0.717) is 0 Å². The Morgan fingerprint density at radius 3 is 2.53 bits per heavy atom. The van der Waals surface area contributed by atoms with Gasteiger partial charge in [-0.05, 0) is 43.4 Å². The number of hydrogen-bond acceptors (Lipinski definition) is 0. The molecule has 0 aliphatic heterocycles. The van der Waals surface area contributed by atoms with Crippen LogP contribution in [-0.2, 0) is 7.05 Å². The van der Waals surface area contributed by atoms with Gasteiger partial charge in [0, 0.05) is 18.6 Å². The minimum Gasteiger partial charge on any atom is -0.201 e. The van der Waals surface area contributed by atoms with E-state index < -0.39 is 0 Å². The van der Waals surface area contributed by atoms with Crippen LogP contribution in [0.5, 0.6) is 0 Å². The zero-order valence-electron chi connectivity index (χ0n) is 12.8. The van der Waals surface area contributed by atoms with E-state index in [0.717, 1.165) is 18.4 Å². The minimum absolute atomic E-state index is 0.359. The first-order valence-corrected chi connectivity index (χ1v) is 7.16. The van der Waals surface area contributed by atoms with Crippen molar-refractivity contribution in [2.24, 2.45) is 7.05 Å². The maximum atomic E-state index is 8.62. The average molecular weight is 253 g/mol. The first-order valence-electron chi connectivity index (χ1n) is 7.66. The normalized spacial score (nSPS) is 18.3. The lowest BCUT2D eigenvalue weighted by molar-refractivity contribution is -0.660. The first kappa shape index (κ1) is 11.2. The number of aryl methyl sites for hydroxylation is 2. The zero-order chi connectivity index (χ0) is 14.2. The maximum Gasteiger partial charge on any atom is 0.212 e. The predicted molar refractivity (Wildman–Crippen MR) is 79.0 cm³/mol. The molecule has 0 amide bonds. The number of pyridine rings is 1. The number of hydrogen-bond donors (Lipinski definition) is 0. The minimum atomic E-state index is -0.359. The van der Waals surface area contributed by atoms with Gasteiger partial charge in [0.2, 0.25) is 5.69 Å². The van der Waals surface area contributed by atoms with Crippen molar-refractivity contribution in [3.63, 3.8) is 0 Å². The van der Waals surface area contributed by atoms with Crippen LogP contribution in [0.3, 0.4) is 0 Å². The Bertz CT molecular complexity index is 627. The van der Waals surface area contributed by atoms with Crippen LogP contribution in [-0.4, -0.2) is 0 Å². The lowest BCUT2D eigenvalue weighted by atomic mass is 9.97. The molecular formula is C18H22N+. The van der Waals surface area contributed by atoms with Gasteiger partial charge in [0.05, 0.1) is 0 Å². The zero-order valence-corrected chi connectivity index (χ0v) is 11.8. The van der Waals surface area contributed by atoms with Crippen LogP contribution >= 0.6 is 0 Å². The highest BCUT2D eigenvalue weighted by molar-refractivity contribution is 5.60. The van der Waals surface area contributed by atoms with E-state index in [-0.39, 0.29) is 5.89 Å². The van der Waals surface area contributed by atoms with Crippen LogP contribution in [0.25, 0.3) is 11.3 Å². The number of benzene rings is 1. The van der Waals surface area contributed by atoms with Crippen molar-refractivity contribution in [3.05, 3.63) is 53.7 Å². The summed E-state index contributed by atoms with van der Waals surface area (Å²) in [5.41, 5.74) is 4.94. The molecule has 1 heteroatoms. The second-order valence-corrected chi connectivity index (χ2v) is 5.54. The Balaban J connectivity index is 2.02. The summed E-state index contributed by atoms with van der Waals surface area (Å²) in [5, 5.41) is 0. The van der Waals surface area contributed by atoms with Crippen molar-refractivity contribution in [2.75, 3.05) is 0 Å². The van der Waals surface area contributed by atoms with Crippen molar-refractivity contribution < 1.29 is 5.94 Å². The van der Waals surface area contributed by atoms with Gasteiger partial charge in [0.1, 0.15) is 7.05 Å². The fraction of sp³-hybridized carbons (Fsp3) is 0.389. The van der Waals surface area contributed by atoms with Gasteiger partial charge >= 0.3 is 0 Å². The van der Waals surface area contributed by atoms with Crippen LogP contribution in [0.15, 0.2) is 42.6 Å². The van der Waals surface area contributed by atoms with E-state index in [1.54, 1.807) is 0 Å². The highest BCUT2D eigenvalue weighted by Crippen LogP contribution is 2.34. The highest BCUT2D eigenvalue weighted by Gasteiger charge is 2.21. The number of aromatic nitrogens is 1. The summed E-state index contributed by atoms with van der Waals surface area (Å²) in [4.78, 5) is 0. The average Bonchev–Trinajstić information content (AvgIpc) is 2.88. The van der Waals surface area contributed by atoms with E-state index in [1.807, 2.05) is 0 Å². The fourth-order valence-corrected chi connectivity index (χ4v) is 3.05. The maximum absolute atomic E-state index is 8.62. The van der Waals surface area contributed by atoms with E-state index in [2.05, 4.69) is 61.1 Å². The van der Waals surface area contributed by atoms with Crippen molar-refractivity contribution in [1.29, 1.82) is 0 Å². The smallest absolute Gasteiger partial charge is 0.201 e. The Morgan fingerprint density at radius 1 is 1.11 bits per heavy atom. The molecule has 0 saturated heterocycles. The van der Waals surface area contributed by atoms with E-state index in [4.69, 9.17) is 1.37 Å². The van der Waals surface area contributed by atoms with E-state index >= 15 is 0 Å². The molecule has 0 N–H and O–H groups in total. The second-order valence-electron chi connectivity index (χ2n) is 5.54. The highest BCUT2D eigenvalue weighted by atomic mass is 14.9. The SMILES string of the molecule is [2H]C1(c2ccc(-c3ccccc3C)[n+](C)c2)CCCC1. The van der Waals surface area contributed by atoms with Crippen molar-refractivity contribution in [1.82, 2.24) is 0 Å². The lowest BCUT2D eigenvalue weighted by Crippen LogP contribution is -2.31. The molecule has 0 unspecified atom stereocenters. The molecular weight excluding hydrogens is 230 g/mol. The summed E-state index contributed by atoms with van der Waals surface area (Å²) in [6.07, 6.45) is 6.52. The molecule has 0 spiro atoms. The Hall–Kier alpha value is -1.63. The van der Waals surface area contributed by atoms with Gasteiger partial charge in [-0.15, -0.1) is 0 Å². The van der Waals surface area contributed by atoms with Crippen LogP contribution in [0.2, 0.25) is 0 Å². The molecule has 3 rings (SSSR count). The molecule has 98 valence electrons. The standard InChI is InChI=1S/C18H22N/c1-14-7-3-6-10-17(14)18-12-11-16(13-19(18)2)15-8-4-5-9-15/h3,6-7,10-13,15H,4-5,8-9H2,1-2H3/q+1/i15D. The molecule has 1 heterocycles. The Labute approximate surface area is 117 Å². The van der Waals surface area contributed by atoms with Crippen molar-refractivity contribution in [2.45, 2.75) is 38.5 Å². The molecule has 0 radical (unpaired) electrons. The van der Waals surface area contributed by atoms with E-state index in [9.17, 15) is 0 Å². The molecule has 0 atom stereocenters. The fourth-order valence-electron chi connectivity index (χ4n) is 3.05. The lowest BCUT2D eigenvalue weighted by Gasteiger charge is -2.09. The molecule has 0 bridgehead atoms. The largest absolute Gasteiger partial charge is 0.212 e. The molecule has 1 nitrogen and oxygen atoms in total. The molecule has 1 saturated carbocycles.